The van der Waals surface area contributed by atoms with Crippen LogP contribution in [0.4, 0.5) is 0 Å². The highest BCUT2D eigenvalue weighted by Gasteiger charge is 2.14. The number of nitrogens with zero attached hydrogens (tertiary/aromatic N) is 1. The van der Waals surface area contributed by atoms with Crippen molar-refractivity contribution in [2.75, 3.05) is 6.61 Å². The standard InChI is InChI=1S/C20H26N2O/c1-3-23-19-11-8-16(9-12-19)20-13-10-17(15(2)22-20)14-21-18-6-4-5-7-18/h8-13,18,21H,3-7,14H2,1-2H3. The monoisotopic (exact) mass is 310 g/mol. The van der Waals surface area contributed by atoms with Gasteiger partial charge in [0.1, 0.15) is 5.75 Å². The van der Waals surface area contributed by atoms with Crippen LogP contribution < -0.4 is 10.1 Å². The Morgan fingerprint density at radius 2 is 1.83 bits per heavy atom. The summed E-state index contributed by atoms with van der Waals surface area (Å²) in [7, 11) is 0. The van der Waals surface area contributed by atoms with Gasteiger partial charge in [0.2, 0.25) is 0 Å². The molecule has 0 atom stereocenters. The summed E-state index contributed by atoms with van der Waals surface area (Å²) in [4.78, 5) is 4.78. The van der Waals surface area contributed by atoms with Crippen molar-refractivity contribution in [1.29, 1.82) is 0 Å². The third-order valence-corrected chi connectivity index (χ3v) is 4.59. The molecular formula is C20H26N2O. The highest BCUT2D eigenvalue weighted by molar-refractivity contribution is 5.60. The second kappa shape index (κ2) is 7.60. The Morgan fingerprint density at radius 3 is 2.48 bits per heavy atom. The maximum atomic E-state index is 5.49. The van der Waals surface area contributed by atoms with Gasteiger partial charge in [0.05, 0.1) is 12.3 Å². The summed E-state index contributed by atoms with van der Waals surface area (Å²) in [5.41, 5.74) is 4.57. The van der Waals surface area contributed by atoms with Crippen molar-refractivity contribution in [2.24, 2.45) is 0 Å². The SMILES string of the molecule is CCOc1ccc(-c2ccc(CNC3CCCC3)c(C)n2)cc1. The second-order valence-electron chi connectivity index (χ2n) is 6.26. The van der Waals surface area contributed by atoms with E-state index in [2.05, 4.69) is 36.5 Å². The van der Waals surface area contributed by atoms with Gasteiger partial charge in [-0.1, -0.05) is 18.9 Å². The summed E-state index contributed by atoms with van der Waals surface area (Å²) in [5, 5.41) is 3.66. The predicted octanol–water partition coefficient (Wildman–Crippen LogP) is 4.49. The van der Waals surface area contributed by atoms with E-state index in [1.54, 1.807) is 0 Å². The fourth-order valence-electron chi connectivity index (χ4n) is 3.21. The van der Waals surface area contributed by atoms with E-state index in [0.717, 1.165) is 29.2 Å². The zero-order valence-corrected chi connectivity index (χ0v) is 14.1. The molecule has 1 heterocycles. The Balaban J connectivity index is 1.67. The molecular weight excluding hydrogens is 284 g/mol. The van der Waals surface area contributed by atoms with Gasteiger partial charge in [-0.25, -0.2) is 0 Å². The minimum absolute atomic E-state index is 0.694. The number of pyridine rings is 1. The third-order valence-electron chi connectivity index (χ3n) is 4.59. The van der Waals surface area contributed by atoms with E-state index in [4.69, 9.17) is 9.72 Å². The molecule has 122 valence electrons. The van der Waals surface area contributed by atoms with E-state index < -0.39 is 0 Å². The Bertz CT molecular complexity index is 631. The smallest absolute Gasteiger partial charge is 0.119 e. The Morgan fingerprint density at radius 1 is 1.09 bits per heavy atom. The summed E-state index contributed by atoms with van der Waals surface area (Å²) in [6, 6.07) is 13.2. The van der Waals surface area contributed by atoms with Crippen molar-refractivity contribution in [1.82, 2.24) is 10.3 Å². The zero-order valence-electron chi connectivity index (χ0n) is 14.1. The average Bonchev–Trinajstić information content (AvgIpc) is 3.08. The van der Waals surface area contributed by atoms with Crippen LogP contribution in [0.3, 0.4) is 0 Å². The van der Waals surface area contributed by atoms with Crippen molar-refractivity contribution < 1.29 is 4.74 Å². The van der Waals surface area contributed by atoms with Gasteiger partial charge >= 0.3 is 0 Å². The minimum Gasteiger partial charge on any atom is -0.494 e. The molecule has 0 radical (unpaired) electrons. The zero-order chi connectivity index (χ0) is 16.1. The summed E-state index contributed by atoms with van der Waals surface area (Å²) in [6.07, 6.45) is 5.37. The van der Waals surface area contributed by atoms with E-state index in [1.165, 1.54) is 31.2 Å². The van der Waals surface area contributed by atoms with E-state index in [-0.39, 0.29) is 0 Å². The Kier molecular flexibility index (Phi) is 5.29. The maximum Gasteiger partial charge on any atom is 0.119 e. The van der Waals surface area contributed by atoms with Crippen LogP contribution in [0, 0.1) is 6.92 Å². The first kappa shape index (κ1) is 16.0. The lowest BCUT2D eigenvalue weighted by Crippen LogP contribution is -2.25. The van der Waals surface area contributed by atoms with Gasteiger partial charge in [0.25, 0.3) is 0 Å². The molecule has 3 nitrogen and oxygen atoms in total. The summed E-state index contributed by atoms with van der Waals surface area (Å²) >= 11 is 0. The van der Waals surface area contributed by atoms with Crippen molar-refractivity contribution in [3.8, 4) is 17.0 Å². The molecule has 3 rings (SSSR count). The fraction of sp³-hybridized carbons (Fsp3) is 0.450. The van der Waals surface area contributed by atoms with Gasteiger partial charge < -0.3 is 10.1 Å². The Labute approximate surface area is 139 Å². The van der Waals surface area contributed by atoms with E-state index in [1.807, 2.05) is 19.1 Å². The molecule has 0 aliphatic heterocycles. The van der Waals surface area contributed by atoms with Crippen LogP contribution in [0.25, 0.3) is 11.3 Å². The van der Waals surface area contributed by atoms with Gasteiger partial charge in [0.15, 0.2) is 0 Å². The van der Waals surface area contributed by atoms with Gasteiger partial charge in [-0.05, 0) is 62.6 Å². The van der Waals surface area contributed by atoms with Gasteiger partial charge in [-0.15, -0.1) is 0 Å². The quantitative estimate of drug-likeness (QED) is 0.853. The number of benzene rings is 1. The first-order valence-electron chi connectivity index (χ1n) is 8.69. The van der Waals surface area contributed by atoms with Crippen molar-refractivity contribution in [3.63, 3.8) is 0 Å². The number of ether oxygens (including phenoxy) is 1. The second-order valence-corrected chi connectivity index (χ2v) is 6.26. The lowest BCUT2D eigenvalue weighted by Gasteiger charge is -2.14. The highest BCUT2D eigenvalue weighted by Crippen LogP contribution is 2.23. The minimum atomic E-state index is 0.694. The Hall–Kier alpha value is -1.87. The van der Waals surface area contributed by atoms with E-state index in [0.29, 0.717) is 12.6 Å². The summed E-state index contributed by atoms with van der Waals surface area (Å²) < 4.78 is 5.49. The number of hydrogen-bond donors (Lipinski definition) is 1. The normalized spacial score (nSPS) is 15.0. The number of nitrogens with one attached hydrogen (secondary N) is 1. The molecule has 3 heteroatoms. The maximum absolute atomic E-state index is 5.49. The molecule has 2 aromatic rings. The van der Waals surface area contributed by atoms with Crippen molar-refractivity contribution in [2.45, 2.75) is 52.1 Å². The molecule has 0 spiro atoms. The first-order valence-corrected chi connectivity index (χ1v) is 8.69. The fourth-order valence-corrected chi connectivity index (χ4v) is 3.21. The molecule has 23 heavy (non-hydrogen) atoms. The van der Waals surface area contributed by atoms with Gasteiger partial charge in [0, 0.05) is 23.8 Å². The molecule has 1 saturated carbocycles. The van der Waals surface area contributed by atoms with Crippen LogP contribution in [0.2, 0.25) is 0 Å². The molecule has 0 saturated heterocycles. The summed E-state index contributed by atoms with van der Waals surface area (Å²) in [5.74, 6) is 0.908. The number of hydrogen-bond acceptors (Lipinski definition) is 3. The molecule has 1 aliphatic carbocycles. The molecule has 1 N–H and O–H groups in total. The van der Waals surface area contributed by atoms with E-state index in [9.17, 15) is 0 Å². The van der Waals surface area contributed by atoms with Crippen LogP contribution in [-0.4, -0.2) is 17.6 Å². The predicted molar refractivity (Wildman–Crippen MR) is 94.7 cm³/mol. The number of aryl methyl sites for hydroxylation is 1. The molecule has 1 aliphatic rings. The van der Waals surface area contributed by atoms with Crippen molar-refractivity contribution in [3.05, 3.63) is 47.7 Å². The van der Waals surface area contributed by atoms with Gasteiger partial charge in [-0.3, -0.25) is 4.98 Å². The average molecular weight is 310 g/mol. The number of rotatable bonds is 6. The van der Waals surface area contributed by atoms with Crippen LogP contribution >= 0.6 is 0 Å². The highest BCUT2D eigenvalue weighted by atomic mass is 16.5. The number of aromatic nitrogens is 1. The van der Waals surface area contributed by atoms with Gasteiger partial charge in [-0.2, -0.15) is 0 Å². The lowest BCUT2D eigenvalue weighted by atomic mass is 10.1. The van der Waals surface area contributed by atoms with Crippen LogP contribution in [0.1, 0.15) is 43.9 Å². The van der Waals surface area contributed by atoms with Crippen LogP contribution in [0.5, 0.6) is 5.75 Å². The molecule has 1 aromatic carbocycles. The van der Waals surface area contributed by atoms with Crippen LogP contribution in [0.15, 0.2) is 36.4 Å². The largest absolute Gasteiger partial charge is 0.494 e. The van der Waals surface area contributed by atoms with E-state index >= 15 is 0 Å². The topological polar surface area (TPSA) is 34.1 Å². The molecule has 0 unspecified atom stereocenters. The lowest BCUT2D eigenvalue weighted by molar-refractivity contribution is 0.340. The molecule has 1 fully saturated rings. The molecule has 0 bridgehead atoms. The summed E-state index contributed by atoms with van der Waals surface area (Å²) in [6.45, 7) is 5.72. The van der Waals surface area contributed by atoms with Crippen LogP contribution in [-0.2, 0) is 6.54 Å². The molecule has 0 amide bonds. The van der Waals surface area contributed by atoms with Crippen molar-refractivity contribution >= 4 is 0 Å². The molecule has 1 aromatic heterocycles. The first-order chi connectivity index (χ1) is 11.3. The third kappa shape index (κ3) is 4.11.